The van der Waals surface area contributed by atoms with Crippen LogP contribution in [0.2, 0.25) is 0 Å². The van der Waals surface area contributed by atoms with Crippen molar-refractivity contribution in [1.29, 1.82) is 0 Å². The Hall–Kier alpha value is -1.16. The van der Waals surface area contributed by atoms with Gasteiger partial charge in [-0.3, -0.25) is 0 Å². The summed E-state index contributed by atoms with van der Waals surface area (Å²) >= 11 is 1.97. The summed E-state index contributed by atoms with van der Waals surface area (Å²) in [6.07, 6.45) is 1.22. The maximum absolute atomic E-state index is 11.1. The first-order valence-corrected chi connectivity index (χ1v) is 6.02. The summed E-state index contributed by atoms with van der Waals surface area (Å²) in [7, 11) is 0. The fourth-order valence-electron chi connectivity index (χ4n) is 2.00. The summed E-state index contributed by atoms with van der Waals surface area (Å²) in [6, 6.07) is 6.17. The van der Waals surface area contributed by atoms with E-state index < -0.39 is 0 Å². The minimum atomic E-state index is -0.131. The molecule has 1 atom stereocenters. The number of hydrogen-bond acceptors (Lipinski definition) is 2. The molecule has 0 spiro atoms. The van der Waals surface area contributed by atoms with Gasteiger partial charge < -0.3 is 9.97 Å². The normalized spacial score (nSPS) is 25.4. The lowest BCUT2D eigenvalue weighted by Gasteiger charge is -2.38. The summed E-state index contributed by atoms with van der Waals surface area (Å²) in [5.74, 6) is 1.23. The van der Waals surface area contributed by atoms with Crippen LogP contribution in [0, 0.1) is 0 Å². The number of H-pyrrole nitrogens is 2. The van der Waals surface area contributed by atoms with Gasteiger partial charge in [0.15, 0.2) is 0 Å². The van der Waals surface area contributed by atoms with Gasteiger partial charge in [0.2, 0.25) is 0 Å². The Morgan fingerprint density at radius 3 is 2.73 bits per heavy atom. The number of hydrogen-bond donors (Lipinski definition) is 2. The maximum atomic E-state index is 11.1. The van der Waals surface area contributed by atoms with Gasteiger partial charge in [0.1, 0.15) is 0 Å². The number of thioether (sulfide) groups is 1. The fraction of sp³-hybridized carbons (Fsp3) is 0.364. The Labute approximate surface area is 91.3 Å². The molecule has 0 aliphatic carbocycles. The van der Waals surface area contributed by atoms with E-state index in [0.29, 0.717) is 0 Å². The van der Waals surface area contributed by atoms with Crippen molar-refractivity contribution in [3.8, 4) is 0 Å². The van der Waals surface area contributed by atoms with Gasteiger partial charge in [0, 0.05) is 4.75 Å². The molecule has 1 aliphatic heterocycles. The first-order valence-electron chi connectivity index (χ1n) is 5.04. The SMILES string of the molecule is CC1(c2ccc3[nH]c(=O)[nH]c3c2)CCS1. The molecule has 2 aromatic rings. The van der Waals surface area contributed by atoms with E-state index in [1.807, 2.05) is 17.8 Å². The molecule has 1 aromatic carbocycles. The molecule has 3 nitrogen and oxygen atoms in total. The van der Waals surface area contributed by atoms with Crippen LogP contribution in [0.4, 0.5) is 0 Å². The third-order valence-electron chi connectivity index (χ3n) is 3.13. The average molecular weight is 220 g/mol. The number of benzene rings is 1. The highest BCUT2D eigenvalue weighted by Gasteiger charge is 2.34. The van der Waals surface area contributed by atoms with E-state index in [4.69, 9.17) is 0 Å². The maximum Gasteiger partial charge on any atom is 0.323 e. The van der Waals surface area contributed by atoms with Crippen LogP contribution in [-0.2, 0) is 4.75 Å². The van der Waals surface area contributed by atoms with Crippen molar-refractivity contribution in [2.45, 2.75) is 18.1 Å². The van der Waals surface area contributed by atoms with E-state index in [2.05, 4.69) is 29.0 Å². The van der Waals surface area contributed by atoms with E-state index in [1.165, 1.54) is 17.7 Å². The fourth-order valence-corrected chi connectivity index (χ4v) is 3.11. The minimum absolute atomic E-state index is 0.131. The van der Waals surface area contributed by atoms with Crippen LogP contribution >= 0.6 is 11.8 Å². The molecule has 2 N–H and O–H groups in total. The summed E-state index contributed by atoms with van der Waals surface area (Å²) in [5.41, 5.74) is 2.97. The molecule has 1 aromatic heterocycles. The van der Waals surface area contributed by atoms with Crippen molar-refractivity contribution in [2.24, 2.45) is 0 Å². The topological polar surface area (TPSA) is 48.6 Å². The lowest BCUT2D eigenvalue weighted by atomic mass is 9.96. The Balaban J connectivity index is 2.17. The van der Waals surface area contributed by atoms with Crippen LogP contribution in [-0.4, -0.2) is 15.7 Å². The summed E-state index contributed by atoms with van der Waals surface area (Å²) in [4.78, 5) is 16.7. The molecule has 1 saturated heterocycles. The molecule has 0 radical (unpaired) electrons. The highest BCUT2D eigenvalue weighted by atomic mass is 32.2. The second-order valence-electron chi connectivity index (χ2n) is 4.17. The van der Waals surface area contributed by atoms with Gasteiger partial charge in [-0.05, 0) is 36.8 Å². The van der Waals surface area contributed by atoms with Gasteiger partial charge in [-0.15, -0.1) is 0 Å². The number of nitrogens with one attached hydrogen (secondary N) is 2. The molecule has 2 heterocycles. The van der Waals surface area contributed by atoms with Crippen LogP contribution in [0.5, 0.6) is 0 Å². The highest BCUT2D eigenvalue weighted by Crippen LogP contribution is 2.48. The van der Waals surface area contributed by atoms with Crippen molar-refractivity contribution in [3.05, 3.63) is 34.2 Å². The molecule has 0 amide bonds. The van der Waals surface area contributed by atoms with Crippen LogP contribution < -0.4 is 5.69 Å². The average Bonchev–Trinajstić information content (AvgIpc) is 2.53. The molecule has 3 rings (SSSR count). The smallest absolute Gasteiger partial charge is 0.306 e. The standard InChI is InChI=1S/C11H12N2OS/c1-11(4-5-15-11)7-2-3-8-9(6-7)13-10(14)12-8/h2-3,6H,4-5H2,1H3,(H2,12,13,14). The Bertz CT molecular complexity index is 565. The van der Waals surface area contributed by atoms with Gasteiger partial charge in [0.25, 0.3) is 0 Å². The Kier molecular flexibility index (Phi) is 1.77. The van der Waals surface area contributed by atoms with Gasteiger partial charge >= 0.3 is 5.69 Å². The zero-order valence-electron chi connectivity index (χ0n) is 8.46. The van der Waals surface area contributed by atoms with Gasteiger partial charge in [0.05, 0.1) is 11.0 Å². The van der Waals surface area contributed by atoms with Gasteiger partial charge in [-0.1, -0.05) is 6.07 Å². The third-order valence-corrected chi connectivity index (χ3v) is 4.61. The van der Waals surface area contributed by atoms with Crippen LogP contribution in [0.25, 0.3) is 11.0 Å². The number of imidazole rings is 1. The molecule has 4 heteroatoms. The number of aromatic nitrogens is 2. The van der Waals surface area contributed by atoms with E-state index in [0.717, 1.165) is 11.0 Å². The number of aromatic amines is 2. The molecule has 1 aliphatic rings. The molecular weight excluding hydrogens is 208 g/mol. The number of rotatable bonds is 1. The molecule has 1 fully saturated rings. The quantitative estimate of drug-likeness (QED) is 0.774. The van der Waals surface area contributed by atoms with E-state index >= 15 is 0 Å². The highest BCUT2D eigenvalue weighted by molar-refractivity contribution is 8.01. The largest absolute Gasteiger partial charge is 0.323 e. The summed E-state index contributed by atoms with van der Waals surface area (Å²) in [5, 5.41) is 0. The van der Waals surface area contributed by atoms with E-state index in [-0.39, 0.29) is 10.4 Å². The van der Waals surface area contributed by atoms with Crippen molar-refractivity contribution in [1.82, 2.24) is 9.97 Å². The van der Waals surface area contributed by atoms with Crippen LogP contribution in [0.3, 0.4) is 0 Å². The van der Waals surface area contributed by atoms with Crippen molar-refractivity contribution >= 4 is 22.8 Å². The second-order valence-corrected chi connectivity index (χ2v) is 5.77. The minimum Gasteiger partial charge on any atom is -0.306 e. The predicted molar refractivity (Wildman–Crippen MR) is 63.3 cm³/mol. The lowest BCUT2D eigenvalue weighted by Crippen LogP contribution is -2.27. The number of fused-ring (bicyclic) bond motifs is 1. The molecule has 0 bridgehead atoms. The summed E-state index contributed by atoms with van der Waals surface area (Å²) < 4.78 is 0.252. The molecule has 1 unspecified atom stereocenters. The third kappa shape index (κ3) is 1.32. The van der Waals surface area contributed by atoms with Crippen molar-refractivity contribution in [3.63, 3.8) is 0 Å². The van der Waals surface area contributed by atoms with Crippen LogP contribution in [0.15, 0.2) is 23.0 Å². The molecule has 15 heavy (non-hydrogen) atoms. The Morgan fingerprint density at radius 2 is 2.07 bits per heavy atom. The van der Waals surface area contributed by atoms with Gasteiger partial charge in [-0.2, -0.15) is 11.8 Å². The van der Waals surface area contributed by atoms with Gasteiger partial charge in [-0.25, -0.2) is 4.79 Å². The first-order chi connectivity index (χ1) is 7.17. The monoisotopic (exact) mass is 220 g/mol. The van der Waals surface area contributed by atoms with E-state index in [1.54, 1.807) is 0 Å². The molecular formula is C11H12N2OS. The van der Waals surface area contributed by atoms with Crippen molar-refractivity contribution < 1.29 is 0 Å². The van der Waals surface area contributed by atoms with Crippen LogP contribution in [0.1, 0.15) is 18.9 Å². The zero-order valence-corrected chi connectivity index (χ0v) is 9.28. The summed E-state index contributed by atoms with van der Waals surface area (Å²) in [6.45, 7) is 2.26. The lowest BCUT2D eigenvalue weighted by molar-refractivity contribution is 0.627. The predicted octanol–water partition coefficient (Wildman–Crippen LogP) is 2.21. The second kappa shape index (κ2) is 2.92. The van der Waals surface area contributed by atoms with E-state index in [9.17, 15) is 4.79 Å². The molecule has 78 valence electrons. The molecule has 0 saturated carbocycles. The van der Waals surface area contributed by atoms with Crippen molar-refractivity contribution in [2.75, 3.05) is 5.75 Å². The first kappa shape index (κ1) is 9.09. The zero-order chi connectivity index (χ0) is 10.5. The Morgan fingerprint density at radius 1 is 1.33 bits per heavy atom.